The molecule has 0 saturated heterocycles. The lowest BCUT2D eigenvalue weighted by atomic mass is 9.72. The Morgan fingerprint density at radius 3 is 2.32 bits per heavy atom. The van der Waals surface area contributed by atoms with Gasteiger partial charge in [0.15, 0.2) is 0 Å². The second-order valence-electron chi connectivity index (χ2n) is 7.47. The number of rotatable bonds is 3. The molecule has 2 bridgehead atoms. The zero-order valence-electron chi connectivity index (χ0n) is 11.8. The van der Waals surface area contributed by atoms with E-state index >= 15 is 0 Å². The Kier molecular flexibility index (Phi) is 2.73. The van der Waals surface area contributed by atoms with Crippen LogP contribution in [0.1, 0.15) is 43.2 Å². The molecule has 102 valence electrons. The Labute approximate surface area is 116 Å². The van der Waals surface area contributed by atoms with E-state index in [-0.39, 0.29) is 0 Å². The van der Waals surface area contributed by atoms with Gasteiger partial charge in [-0.05, 0) is 79.4 Å². The lowest BCUT2D eigenvalue weighted by Gasteiger charge is -2.34. The van der Waals surface area contributed by atoms with E-state index in [0.29, 0.717) is 5.41 Å². The van der Waals surface area contributed by atoms with Crippen molar-refractivity contribution in [2.45, 2.75) is 44.9 Å². The lowest BCUT2D eigenvalue weighted by molar-refractivity contribution is 0.187. The van der Waals surface area contributed by atoms with Crippen LogP contribution in [0, 0.1) is 23.2 Å². The van der Waals surface area contributed by atoms with Gasteiger partial charge < -0.3 is 5.73 Å². The molecule has 1 nitrogen and oxygen atoms in total. The molecule has 3 aliphatic carbocycles. The maximum atomic E-state index is 6.22. The molecule has 2 N–H and O–H groups in total. The first kappa shape index (κ1) is 12.0. The first-order valence-corrected chi connectivity index (χ1v) is 8.05. The Morgan fingerprint density at radius 1 is 1.05 bits per heavy atom. The van der Waals surface area contributed by atoms with Gasteiger partial charge in [-0.15, -0.1) is 0 Å². The normalized spacial score (nSPS) is 34.7. The zero-order chi connectivity index (χ0) is 12.9. The number of benzene rings is 1. The van der Waals surface area contributed by atoms with Gasteiger partial charge in [0.1, 0.15) is 0 Å². The highest BCUT2D eigenvalue weighted by Gasteiger charge is 2.45. The van der Waals surface area contributed by atoms with Gasteiger partial charge in [0.05, 0.1) is 0 Å². The lowest BCUT2D eigenvalue weighted by Crippen LogP contribution is -2.34. The molecule has 19 heavy (non-hydrogen) atoms. The quantitative estimate of drug-likeness (QED) is 0.878. The maximum Gasteiger partial charge on any atom is -0.00140 e. The number of nitrogens with two attached hydrogens (primary N) is 1. The van der Waals surface area contributed by atoms with Gasteiger partial charge in [0, 0.05) is 0 Å². The molecule has 0 amide bonds. The molecule has 3 unspecified atom stereocenters. The second kappa shape index (κ2) is 4.34. The van der Waals surface area contributed by atoms with Crippen molar-refractivity contribution >= 4 is 0 Å². The Morgan fingerprint density at radius 2 is 1.79 bits per heavy atom. The summed E-state index contributed by atoms with van der Waals surface area (Å²) in [6, 6.07) is 8.99. The highest BCUT2D eigenvalue weighted by atomic mass is 14.6. The minimum atomic E-state index is 0.388. The summed E-state index contributed by atoms with van der Waals surface area (Å²) in [5.41, 5.74) is 9.74. The Balaban J connectivity index is 1.53. The summed E-state index contributed by atoms with van der Waals surface area (Å²) in [6.07, 6.45) is 9.89. The van der Waals surface area contributed by atoms with E-state index in [1.54, 1.807) is 11.1 Å². The summed E-state index contributed by atoms with van der Waals surface area (Å²) in [5, 5.41) is 0. The first-order chi connectivity index (χ1) is 9.28. The van der Waals surface area contributed by atoms with Crippen LogP contribution in [0.15, 0.2) is 24.3 Å². The third-order valence-electron chi connectivity index (χ3n) is 6.26. The van der Waals surface area contributed by atoms with E-state index in [0.717, 1.165) is 24.3 Å². The fraction of sp³-hybridized carbons (Fsp3) is 0.667. The van der Waals surface area contributed by atoms with Gasteiger partial charge in [-0.25, -0.2) is 0 Å². The van der Waals surface area contributed by atoms with Crippen molar-refractivity contribution in [2.24, 2.45) is 28.9 Å². The molecule has 0 heterocycles. The van der Waals surface area contributed by atoms with Crippen molar-refractivity contribution in [3.8, 4) is 0 Å². The molecule has 2 saturated carbocycles. The summed E-state index contributed by atoms with van der Waals surface area (Å²) < 4.78 is 0. The van der Waals surface area contributed by atoms with Gasteiger partial charge in [-0.1, -0.05) is 30.7 Å². The van der Waals surface area contributed by atoms with Crippen molar-refractivity contribution < 1.29 is 0 Å². The second-order valence-corrected chi connectivity index (χ2v) is 7.47. The third kappa shape index (κ3) is 1.94. The van der Waals surface area contributed by atoms with Crippen LogP contribution < -0.4 is 5.73 Å². The molecule has 2 fully saturated rings. The molecule has 1 aromatic carbocycles. The molecule has 0 radical (unpaired) electrons. The highest BCUT2D eigenvalue weighted by molar-refractivity contribution is 5.34. The Hall–Kier alpha value is -0.820. The molecule has 3 aliphatic rings. The van der Waals surface area contributed by atoms with Crippen LogP contribution >= 0.6 is 0 Å². The molecule has 4 rings (SSSR count). The van der Waals surface area contributed by atoms with Gasteiger partial charge in [0.2, 0.25) is 0 Å². The fourth-order valence-electron chi connectivity index (χ4n) is 5.33. The smallest absolute Gasteiger partial charge is 0.00140 e. The summed E-state index contributed by atoms with van der Waals surface area (Å²) in [5.74, 6) is 3.09. The number of hydrogen-bond acceptors (Lipinski definition) is 1. The minimum Gasteiger partial charge on any atom is -0.330 e. The fourth-order valence-corrected chi connectivity index (χ4v) is 5.33. The topological polar surface area (TPSA) is 26.0 Å². The summed E-state index contributed by atoms with van der Waals surface area (Å²) >= 11 is 0. The molecule has 3 atom stereocenters. The van der Waals surface area contributed by atoms with Crippen LogP contribution in [-0.2, 0) is 12.8 Å². The van der Waals surface area contributed by atoms with E-state index < -0.39 is 0 Å². The minimum absolute atomic E-state index is 0.388. The number of fused-ring (bicyclic) bond motifs is 3. The molecular formula is C18H25N. The van der Waals surface area contributed by atoms with E-state index in [9.17, 15) is 0 Å². The van der Waals surface area contributed by atoms with E-state index in [4.69, 9.17) is 5.73 Å². The largest absolute Gasteiger partial charge is 0.330 e. The summed E-state index contributed by atoms with van der Waals surface area (Å²) in [7, 11) is 0. The molecular weight excluding hydrogens is 230 g/mol. The van der Waals surface area contributed by atoms with Crippen LogP contribution in [0.5, 0.6) is 0 Å². The number of hydrogen-bond donors (Lipinski definition) is 1. The SMILES string of the molecule is NCC1(CC2CC3CCC2C3)Cc2ccccc2C1. The van der Waals surface area contributed by atoms with Gasteiger partial charge in [-0.2, -0.15) is 0 Å². The van der Waals surface area contributed by atoms with Gasteiger partial charge in [-0.3, -0.25) is 0 Å². The van der Waals surface area contributed by atoms with Crippen LogP contribution in [0.25, 0.3) is 0 Å². The molecule has 1 heteroatoms. The standard InChI is InChI=1S/C18H25N/c19-12-18(9-15-3-1-2-4-16(15)10-18)11-17-8-13-5-6-14(17)7-13/h1-4,13-14,17H,5-12,19H2. The first-order valence-electron chi connectivity index (χ1n) is 8.05. The van der Waals surface area contributed by atoms with Crippen molar-refractivity contribution in [3.05, 3.63) is 35.4 Å². The predicted molar refractivity (Wildman–Crippen MR) is 78.9 cm³/mol. The highest BCUT2D eigenvalue weighted by Crippen LogP contribution is 2.53. The van der Waals surface area contributed by atoms with Crippen molar-refractivity contribution in [1.82, 2.24) is 0 Å². The summed E-state index contributed by atoms with van der Waals surface area (Å²) in [4.78, 5) is 0. The molecule has 0 aromatic heterocycles. The maximum absolute atomic E-state index is 6.22. The van der Waals surface area contributed by atoms with E-state index in [2.05, 4.69) is 24.3 Å². The van der Waals surface area contributed by atoms with Gasteiger partial charge in [0.25, 0.3) is 0 Å². The zero-order valence-corrected chi connectivity index (χ0v) is 11.8. The molecule has 0 aliphatic heterocycles. The van der Waals surface area contributed by atoms with Crippen LogP contribution in [0.2, 0.25) is 0 Å². The van der Waals surface area contributed by atoms with E-state index in [1.807, 2.05) is 0 Å². The third-order valence-corrected chi connectivity index (χ3v) is 6.26. The van der Waals surface area contributed by atoms with Crippen LogP contribution in [-0.4, -0.2) is 6.54 Å². The average Bonchev–Trinajstić information content (AvgIpc) is 3.11. The Bertz CT molecular complexity index is 453. The van der Waals surface area contributed by atoms with Gasteiger partial charge >= 0.3 is 0 Å². The van der Waals surface area contributed by atoms with E-state index in [1.165, 1.54) is 44.9 Å². The summed E-state index contributed by atoms with van der Waals surface area (Å²) in [6.45, 7) is 0.871. The monoisotopic (exact) mass is 255 g/mol. The van der Waals surface area contributed by atoms with Crippen molar-refractivity contribution in [1.29, 1.82) is 0 Å². The molecule has 1 aromatic rings. The van der Waals surface area contributed by atoms with Crippen molar-refractivity contribution in [2.75, 3.05) is 6.54 Å². The van der Waals surface area contributed by atoms with Crippen LogP contribution in [0.3, 0.4) is 0 Å². The molecule has 0 spiro atoms. The average molecular weight is 255 g/mol. The van der Waals surface area contributed by atoms with Crippen LogP contribution in [0.4, 0.5) is 0 Å². The predicted octanol–water partition coefficient (Wildman–Crippen LogP) is 3.56. The van der Waals surface area contributed by atoms with Crippen molar-refractivity contribution in [3.63, 3.8) is 0 Å².